The molecule has 3 aliphatic rings. The van der Waals surface area contributed by atoms with Gasteiger partial charge in [0.25, 0.3) is 11.8 Å². The van der Waals surface area contributed by atoms with Crippen molar-refractivity contribution in [2.75, 3.05) is 41.1 Å². The number of amides is 2. The first-order valence-electron chi connectivity index (χ1n) is 16.7. The van der Waals surface area contributed by atoms with Crippen LogP contribution in [0.3, 0.4) is 0 Å². The van der Waals surface area contributed by atoms with Crippen LogP contribution < -0.4 is 20.0 Å². The maximum atomic E-state index is 14.4. The molecule has 0 saturated carbocycles. The highest BCUT2D eigenvalue weighted by Gasteiger charge is 2.56. The first-order chi connectivity index (χ1) is 23.4. The topological polar surface area (TPSA) is 127 Å². The second-order valence-electron chi connectivity index (χ2n) is 12.8. The Kier molecular flexibility index (Phi) is 8.59. The predicted octanol–water partition coefficient (Wildman–Crippen LogP) is 3.89. The van der Waals surface area contributed by atoms with Crippen molar-refractivity contribution >= 4 is 34.6 Å². The van der Waals surface area contributed by atoms with E-state index in [9.17, 15) is 14.7 Å². The average Bonchev–Trinajstić information content (AvgIpc) is 3.75. The monoisotopic (exact) mass is 647 g/mol. The summed E-state index contributed by atoms with van der Waals surface area (Å²) >= 11 is 0. The molecule has 48 heavy (non-hydrogen) atoms. The zero-order valence-electron chi connectivity index (χ0n) is 27.1. The van der Waals surface area contributed by atoms with E-state index in [-0.39, 0.29) is 12.5 Å². The van der Waals surface area contributed by atoms with E-state index in [1.807, 2.05) is 104 Å². The fourth-order valence-electron chi connectivity index (χ4n) is 7.35. The Balaban J connectivity index is 1.22. The van der Waals surface area contributed by atoms with Crippen LogP contribution in [0.25, 0.3) is 0 Å². The van der Waals surface area contributed by atoms with Crippen LogP contribution in [0.4, 0.5) is 22.7 Å². The molecule has 3 N–H and O–H groups in total. The summed E-state index contributed by atoms with van der Waals surface area (Å²) in [5.74, 6) is -0.987. The van der Waals surface area contributed by atoms with Crippen LogP contribution in [0.1, 0.15) is 37.4 Å². The van der Waals surface area contributed by atoms with Gasteiger partial charge in [0.2, 0.25) is 0 Å². The summed E-state index contributed by atoms with van der Waals surface area (Å²) in [5, 5.41) is 33.2. The number of nitrogens with one attached hydrogen (secondary N) is 1. The molecule has 248 valence electrons. The van der Waals surface area contributed by atoms with Crippen LogP contribution in [0.5, 0.6) is 0 Å². The number of nitrogens with zero attached hydrogens (tertiary/aromatic N) is 6. The number of piperidine rings is 1. The Morgan fingerprint density at radius 1 is 0.938 bits per heavy atom. The van der Waals surface area contributed by atoms with Crippen LogP contribution in [0.15, 0.2) is 97.2 Å². The van der Waals surface area contributed by atoms with E-state index in [0.29, 0.717) is 61.5 Å². The normalized spacial score (nSPS) is 21.1. The van der Waals surface area contributed by atoms with E-state index >= 15 is 0 Å². The Labute approximate surface area is 280 Å². The van der Waals surface area contributed by atoms with Gasteiger partial charge in [-0.3, -0.25) is 24.1 Å². The number of hydrogen-bond donors (Lipinski definition) is 3. The molecule has 2 fully saturated rings. The first-order valence-corrected chi connectivity index (χ1v) is 16.7. The van der Waals surface area contributed by atoms with Crippen LogP contribution in [-0.2, 0) is 28.2 Å². The summed E-state index contributed by atoms with van der Waals surface area (Å²) in [6, 6.07) is 25.0. The standard InChI is InChI=1S/C37H41N7O4/c1-27(10-8-9-22-41-25-28(17-23-45)39-40-41)37(48)32-24-31(15-16-33(32)44(35(37)47)30-13-6-3-7-14-30)42-26-43(29-11-4-2-5-12-29)36(34(42)46)18-20-38-21-19-36/h2-8,10-16,24-25,27,38,45,48H,9,17-23,26H2,1H3/b10-8+/t27-,37+/m1/s1. The van der Waals surface area contributed by atoms with Gasteiger partial charge in [0.15, 0.2) is 5.60 Å². The van der Waals surface area contributed by atoms with Crippen LogP contribution in [0.2, 0.25) is 0 Å². The second kappa shape index (κ2) is 13.0. The number of rotatable bonds is 10. The average molecular weight is 648 g/mol. The summed E-state index contributed by atoms with van der Waals surface area (Å²) in [6.07, 6.45) is 8.06. The SMILES string of the molecule is C[C@H](/C=C/CCn1cc(CCO)nn1)[C@@]1(O)C(=O)N(c2ccccc2)c2ccc(N3CN(c4ccccc4)C4(CCNCC4)C3=O)cc21. The van der Waals surface area contributed by atoms with E-state index in [0.717, 1.165) is 24.5 Å². The number of hydrogen-bond acceptors (Lipinski definition) is 8. The van der Waals surface area contributed by atoms with E-state index in [2.05, 4.69) is 20.5 Å². The molecular formula is C37H41N7O4. The zero-order valence-corrected chi connectivity index (χ0v) is 27.1. The van der Waals surface area contributed by atoms with Gasteiger partial charge in [-0.15, -0.1) is 5.10 Å². The zero-order chi connectivity index (χ0) is 33.3. The van der Waals surface area contributed by atoms with Crippen LogP contribution in [0, 0.1) is 5.92 Å². The van der Waals surface area contributed by atoms with Crippen molar-refractivity contribution in [3.05, 3.63) is 108 Å². The van der Waals surface area contributed by atoms with Crippen molar-refractivity contribution in [1.29, 1.82) is 0 Å². The van der Waals surface area contributed by atoms with E-state index in [1.165, 1.54) is 0 Å². The molecule has 0 unspecified atom stereocenters. The third kappa shape index (κ3) is 5.37. The number of para-hydroxylation sites is 2. The maximum Gasteiger partial charge on any atom is 0.268 e. The smallest absolute Gasteiger partial charge is 0.268 e. The number of aliphatic hydroxyl groups is 2. The minimum atomic E-state index is -1.87. The fourth-order valence-corrected chi connectivity index (χ4v) is 7.35. The number of aliphatic hydroxyl groups excluding tert-OH is 1. The Hall–Kier alpha value is -4.84. The van der Waals surface area contributed by atoms with Crippen LogP contribution in [-0.4, -0.2) is 68.9 Å². The van der Waals surface area contributed by atoms with E-state index < -0.39 is 23.0 Å². The number of carbonyl (C=O) groups is 2. The van der Waals surface area contributed by atoms with Crippen molar-refractivity contribution in [3.8, 4) is 0 Å². The second-order valence-corrected chi connectivity index (χ2v) is 12.8. The van der Waals surface area contributed by atoms with Gasteiger partial charge < -0.3 is 20.4 Å². The first kappa shape index (κ1) is 31.7. The fraction of sp³-hybridized carbons (Fsp3) is 0.351. The molecule has 4 heterocycles. The Bertz CT molecular complexity index is 1800. The van der Waals surface area contributed by atoms with Gasteiger partial charge in [0.1, 0.15) is 5.54 Å². The molecule has 0 bridgehead atoms. The molecule has 4 aromatic rings. The van der Waals surface area contributed by atoms with Gasteiger partial charge in [-0.25, -0.2) is 0 Å². The van der Waals surface area contributed by atoms with Gasteiger partial charge in [-0.1, -0.05) is 60.7 Å². The molecule has 2 atom stereocenters. The number of anilines is 4. The van der Waals surface area contributed by atoms with Gasteiger partial charge >= 0.3 is 0 Å². The summed E-state index contributed by atoms with van der Waals surface area (Å²) < 4.78 is 1.72. The number of allylic oxidation sites excluding steroid dienone is 1. The van der Waals surface area contributed by atoms with Gasteiger partial charge in [0, 0.05) is 54.3 Å². The number of aromatic nitrogens is 3. The van der Waals surface area contributed by atoms with Crippen molar-refractivity contribution in [1.82, 2.24) is 20.3 Å². The summed E-state index contributed by atoms with van der Waals surface area (Å²) in [5.41, 5.74) is 1.56. The number of benzene rings is 3. The highest BCUT2D eigenvalue weighted by atomic mass is 16.3. The lowest BCUT2D eigenvalue weighted by Crippen LogP contribution is -2.55. The number of aryl methyl sites for hydroxylation is 1. The quantitative estimate of drug-likeness (QED) is 0.222. The minimum absolute atomic E-state index is 0.0153. The largest absolute Gasteiger partial charge is 0.396 e. The van der Waals surface area contributed by atoms with E-state index in [4.69, 9.17) is 5.11 Å². The highest BCUT2D eigenvalue weighted by molar-refractivity contribution is 6.13. The van der Waals surface area contributed by atoms with Gasteiger partial charge in [-0.05, 0) is 74.8 Å². The van der Waals surface area contributed by atoms with Crippen LogP contribution >= 0.6 is 0 Å². The highest BCUT2D eigenvalue weighted by Crippen LogP contribution is 2.50. The summed E-state index contributed by atoms with van der Waals surface area (Å²) in [6.45, 7) is 4.29. The molecule has 1 spiro atoms. The number of carbonyl (C=O) groups excluding carboxylic acids is 2. The molecule has 0 radical (unpaired) electrons. The molecule has 11 heteroatoms. The van der Waals surface area contributed by atoms with Gasteiger partial charge in [-0.2, -0.15) is 0 Å². The minimum Gasteiger partial charge on any atom is -0.396 e. The number of fused-ring (bicyclic) bond motifs is 1. The molecule has 11 nitrogen and oxygen atoms in total. The molecule has 0 aliphatic carbocycles. The Morgan fingerprint density at radius 3 is 2.35 bits per heavy atom. The molecule has 2 saturated heterocycles. The maximum absolute atomic E-state index is 14.4. The molecule has 3 aliphatic heterocycles. The molecule has 3 aromatic carbocycles. The predicted molar refractivity (Wildman–Crippen MR) is 184 cm³/mol. The summed E-state index contributed by atoms with van der Waals surface area (Å²) in [7, 11) is 0. The third-order valence-corrected chi connectivity index (χ3v) is 9.99. The Morgan fingerprint density at radius 2 is 1.65 bits per heavy atom. The van der Waals surface area contributed by atoms with Crippen molar-refractivity contribution in [2.45, 2.75) is 50.3 Å². The molecule has 2 amide bonds. The lowest BCUT2D eigenvalue weighted by Gasteiger charge is -2.39. The van der Waals surface area contributed by atoms with Crippen molar-refractivity contribution in [2.24, 2.45) is 5.92 Å². The van der Waals surface area contributed by atoms with Crippen molar-refractivity contribution < 1.29 is 19.8 Å². The lowest BCUT2D eigenvalue weighted by atomic mass is 9.82. The lowest BCUT2D eigenvalue weighted by molar-refractivity contribution is -0.138. The molecular weight excluding hydrogens is 606 g/mol. The van der Waals surface area contributed by atoms with E-state index in [1.54, 1.807) is 14.5 Å². The summed E-state index contributed by atoms with van der Waals surface area (Å²) in [4.78, 5) is 34.3. The van der Waals surface area contributed by atoms with Crippen molar-refractivity contribution in [3.63, 3.8) is 0 Å². The molecule has 7 rings (SSSR count). The third-order valence-electron chi connectivity index (χ3n) is 9.99. The van der Waals surface area contributed by atoms with Gasteiger partial charge in [0.05, 0.1) is 18.1 Å². The molecule has 1 aromatic heterocycles.